The van der Waals surface area contributed by atoms with E-state index in [0.29, 0.717) is 12.1 Å². The van der Waals surface area contributed by atoms with Crippen LogP contribution in [0.1, 0.15) is 24.2 Å². The third kappa shape index (κ3) is 5.64. The summed E-state index contributed by atoms with van der Waals surface area (Å²) in [7, 11) is 1.41. The molecule has 6 nitrogen and oxygen atoms in total. The van der Waals surface area contributed by atoms with Gasteiger partial charge >= 0.3 is 5.97 Å². The lowest BCUT2D eigenvalue weighted by molar-refractivity contribution is 0.0601. The standard InChI is InChI=1S/C23H31N3O3/c1-4-25-12-14-26(15-13-25)22-11-10-19(23(27)28-3)16-21(22)24-17-18(2)29-20-8-6-5-7-9-20/h5-11,16,18,24H,4,12-15,17H2,1-3H3. The van der Waals surface area contributed by atoms with Crippen molar-refractivity contribution >= 4 is 17.3 Å². The minimum absolute atomic E-state index is 0.0241. The van der Waals surface area contributed by atoms with Crippen LogP contribution >= 0.6 is 0 Å². The number of rotatable bonds is 8. The predicted octanol–water partition coefficient (Wildman–Crippen LogP) is 3.49. The molecule has 156 valence electrons. The average Bonchev–Trinajstić information content (AvgIpc) is 2.77. The van der Waals surface area contributed by atoms with Gasteiger partial charge in [-0.1, -0.05) is 25.1 Å². The van der Waals surface area contributed by atoms with Gasteiger partial charge in [0.1, 0.15) is 11.9 Å². The molecule has 0 aliphatic carbocycles. The first-order chi connectivity index (χ1) is 14.1. The number of piperazine rings is 1. The molecule has 1 N–H and O–H groups in total. The van der Waals surface area contributed by atoms with Gasteiger partial charge in [-0.15, -0.1) is 0 Å². The molecule has 1 fully saturated rings. The van der Waals surface area contributed by atoms with Gasteiger partial charge in [0, 0.05) is 26.2 Å². The van der Waals surface area contributed by atoms with Gasteiger partial charge in [0.15, 0.2) is 0 Å². The SMILES string of the molecule is CCN1CCN(c2ccc(C(=O)OC)cc2NCC(C)Oc2ccccc2)CC1. The van der Waals surface area contributed by atoms with Crippen LogP contribution < -0.4 is 15.0 Å². The van der Waals surface area contributed by atoms with Crippen molar-refractivity contribution in [2.75, 3.05) is 56.6 Å². The molecule has 0 amide bonds. The van der Waals surface area contributed by atoms with Crippen LogP contribution in [0, 0.1) is 0 Å². The highest BCUT2D eigenvalue weighted by Crippen LogP contribution is 2.29. The Labute approximate surface area is 173 Å². The maximum Gasteiger partial charge on any atom is 0.337 e. The van der Waals surface area contributed by atoms with Crippen molar-refractivity contribution in [1.82, 2.24) is 4.90 Å². The van der Waals surface area contributed by atoms with Crippen molar-refractivity contribution < 1.29 is 14.3 Å². The van der Waals surface area contributed by atoms with Gasteiger partial charge < -0.3 is 24.6 Å². The van der Waals surface area contributed by atoms with E-state index >= 15 is 0 Å². The van der Waals surface area contributed by atoms with Crippen LogP contribution in [0.15, 0.2) is 48.5 Å². The fourth-order valence-electron chi connectivity index (χ4n) is 3.53. The summed E-state index contributed by atoms with van der Waals surface area (Å²) in [5.74, 6) is 0.519. The Bertz CT molecular complexity index is 789. The first-order valence-corrected chi connectivity index (χ1v) is 10.3. The number of nitrogens with one attached hydrogen (secondary N) is 1. The molecule has 2 aromatic rings. The van der Waals surface area contributed by atoms with E-state index in [2.05, 4.69) is 22.0 Å². The first-order valence-electron chi connectivity index (χ1n) is 10.3. The smallest absolute Gasteiger partial charge is 0.337 e. The Morgan fingerprint density at radius 1 is 1.10 bits per heavy atom. The van der Waals surface area contributed by atoms with Gasteiger partial charge in [-0.05, 0) is 43.8 Å². The summed E-state index contributed by atoms with van der Waals surface area (Å²) in [4.78, 5) is 16.8. The normalized spacial score (nSPS) is 15.6. The molecule has 6 heteroatoms. The molecule has 0 spiro atoms. The second-order valence-corrected chi connectivity index (χ2v) is 7.27. The van der Waals surface area contributed by atoms with Crippen molar-refractivity contribution in [3.8, 4) is 5.75 Å². The van der Waals surface area contributed by atoms with E-state index in [1.165, 1.54) is 7.11 Å². The molecular weight excluding hydrogens is 366 g/mol. The molecule has 0 radical (unpaired) electrons. The number of hydrogen-bond donors (Lipinski definition) is 1. The Balaban J connectivity index is 1.72. The van der Waals surface area contributed by atoms with Crippen LogP contribution in [0.2, 0.25) is 0 Å². The maximum absolute atomic E-state index is 12.0. The summed E-state index contributed by atoms with van der Waals surface area (Å²) in [6.45, 7) is 9.96. The Hall–Kier alpha value is -2.73. The quantitative estimate of drug-likeness (QED) is 0.688. The number of carbonyl (C=O) groups is 1. The van der Waals surface area contributed by atoms with Crippen molar-refractivity contribution in [2.45, 2.75) is 20.0 Å². The molecule has 2 aromatic carbocycles. The second kappa shape index (κ2) is 10.2. The van der Waals surface area contributed by atoms with Crippen LogP contribution in [0.25, 0.3) is 0 Å². The Kier molecular flexibility index (Phi) is 7.36. The molecule has 1 atom stereocenters. The summed E-state index contributed by atoms with van der Waals surface area (Å²) in [5, 5.41) is 3.49. The lowest BCUT2D eigenvalue weighted by Crippen LogP contribution is -2.46. The molecule has 1 unspecified atom stereocenters. The van der Waals surface area contributed by atoms with Crippen molar-refractivity contribution in [3.05, 3.63) is 54.1 Å². The van der Waals surface area contributed by atoms with Gasteiger partial charge in [-0.25, -0.2) is 4.79 Å². The topological polar surface area (TPSA) is 54.0 Å². The van der Waals surface area contributed by atoms with Gasteiger partial charge in [-0.2, -0.15) is 0 Å². The van der Waals surface area contributed by atoms with Gasteiger partial charge in [-0.3, -0.25) is 0 Å². The summed E-state index contributed by atoms with van der Waals surface area (Å²) >= 11 is 0. The van der Waals surface area contributed by atoms with Crippen LogP contribution in [0.3, 0.4) is 0 Å². The molecule has 1 saturated heterocycles. The van der Waals surface area contributed by atoms with E-state index in [1.807, 2.05) is 55.5 Å². The monoisotopic (exact) mass is 397 g/mol. The van der Waals surface area contributed by atoms with E-state index in [1.54, 1.807) is 0 Å². The van der Waals surface area contributed by atoms with Crippen molar-refractivity contribution in [1.29, 1.82) is 0 Å². The molecular formula is C23H31N3O3. The summed E-state index contributed by atoms with van der Waals surface area (Å²) in [6, 6.07) is 15.5. The van der Waals surface area contributed by atoms with E-state index in [4.69, 9.17) is 9.47 Å². The molecule has 1 aliphatic heterocycles. The zero-order chi connectivity index (χ0) is 20.6. The fourth-order valence-corrected chi connectivity index (χ4v) is 3.53. The van der Waals surface area contributed by atoms with Crippen LogP contribution in [-0.4, -0.2) is 63.4 Å². The first kappa shape index (κ1) is 21.0. The van der Waals surface area contributed by atoms with Crippen LogP contribution in [0.5, 0.6) is 5.75 Å². The van der Waals surface area contributed by atoms with Crippen molar-refractivity contribution in [2.24, 2.45) is 0 Å². The predicted molar refractivity (Wildman–Crippen MR) is 117 cm³/mol. The highest BCUT2D eigenvalue weighted by Gasteiger charge is 2.20. The molecule has 0 aromatic heterocycles. The molecule has 3 rings (SSSR count). The number of hydrogen-bond acceptors (Lipinski definition) is 6. The van der Waals surface area contributed by atoms with E-state index < -0.39 is 0 Å². The molecule has 1 aliphatic rings. The van der Waals surface area contributed by atoms with Crippen LogP contribution in [-0.2, 0) is 4.74 Å². The molecule has 29 heavy (non-hydrogen) atoms. The lowest BCUT2D eigenvalue weighted by Gasteiger charge is -2.36. The number of likely N-dealkylation sites (N-methyl/N-ethyl adjacent to an activating group) is 1. The van der Waals surface area contributed by atoms with Gasteiger partial charge in [0.25, 0.3) is 0 Å². The van der Waals surface area contributed by atoms with Crippen LogP contribution in [0.4, 0.5) is 11.4 Å². The summed E-state index contributed by atoms with van der Waals surface area (Å²) in [5.41, 5.74) is 2.59. The zero-order valence-electron chi connectivity index (χ0n) is 17.6. The van der Waals surface area contributed by atoms with E-state index in [9.17, 15) is 4.79 Å². The second-order valence-electron chi connectivity index (χ2n) is 7.27. The number of ether oxygens (including phenoxy) is 2. The molecule has 0 bridgehead atoms. The Morgan fingerprint density at radius 2 is 1.83 bits per heavy atom. The lowest BCUT2D eigenvalue weighted by atomic mass is 10.1. The van der Waals surface area contributed by atoms with E-state index in [-0.39, 0.29) is 12.1 Å². The number of benzene rings is 2. The number of nitrogens with zero attached hydrogens (tertiary/aromatic N) is 2. The average molecular weight is 398 g/mol. The summed E-state index contributed by atoms with van der Waals surface area (Å²) < 4.78 is 10.9. The summed E-state index contributed by atoms with van der Waals surface area (Å²) in [6.07, 6.45) is -0.0241. The zero-order valence-corrected chi connectivity index (χ0v) is 17.6. The number of esters is 1. The van der Waals surface area contributed by atoms with Gasteiger partial charge in [0.2, 0.25) is 0 Å². The minimum Gasteiger partial charge on any atom is -0.489 e. The number of carbonyl (C=O) groups excluding carboxylic acids is 1. The third-order valence-electron chi connectivity index (χ3n) is 5.24. The van der Waals surface area contributed by atoms with E-state index in [0.717, 1.165) is 49.8 Å². The fraction of sp³-hybridized carbons (Fsp3) is 0.435. The largest absolute Gasteiger partial charge is 0.489 e. The number of methoxy groups -OCH3 is 1. The Morgan fingerprint density at radius 3 is 2.48 bits per heavy atom. The number of para-hydroxylation sites is 1. The number of anilines is 2. The minimum atomic E-state index is -0.330. The third-order valence-corrected chi connectivity index (χ3v) is 5.24. The van der Waals surface area contributed by atoms with Crippen molar-refractivity contribution in [3.63, 3.8) is 0 Å². The highest BCUT2D eigenvalue weighted by atomic mass is 16.5. The molecule has 0 saturated carbocycles. The maximum atomic E-state index is 12.0. The highest BCUT2D eigenvalue weighted by molar-refractivity contribution is 5.92. The van der Waals surface area contributed by atoms with Gasteiger partial charge in [0.05, 0.1) is 30.6 Å². The molecule has 1 heterocycles.